The number of aliphatic carboxylic acids is 1. The molecule has 29 heavy (non-hydrogen) atoms. The van der Waals surface area contributed by atoms with E-state index in [2.05, 4.69) is 40.4 Å². The van der Waals surface area contributed by atoms with Crippen LogP contribution in [0.25, 0.3) is 0 Å². The van der Waals surface area contributed by atoms with Crippen LogP contribution in [0, 0.1) is 5.92 Å². The van der Waals surface area contributed by atoms with E-state index in [9.17, 15) is 14.7 Å². The average molecular weight is 440 g/mol. The minimum absolute atomic E-state index is 0.0233. The van der Waals surface area contributed by atoms with Gasteiger partial charge in [0.15, 0.2) is 8.32 Å². The molecule has 0 spiro atoms. The van der Waals surface area contributed by atoms with Crippen molar-refractivity contribution >= 4 is 32.0 Å². The monoisotopic (exact) mass is 439 g/mol. The van der Waals surface area contributed by atoms with Crippen LogP contribution in [0.5, 0.6) is 0 Å². The molecule has 0 aromatic rings. The number of carboxylic acids is 1. The summed E-state index contributed by atoms with van der Waals surface area (Å²) in [6.07, 6.45) is 3.42. The lowest BCUT2D eigenvalue weighted by Gasteiger charge is -2.56. The average Bonchev–Trinajstić information content (AvgIpc) is 3.18. The Bertz CT molecular complexity index is 753. The van der Waals surface area contributed by atoms with Gasteiger partial charge in [0.1, 0.15) is 10.6 Å². The van der Waals surface area contributed by atoms with Gasteiger partial charge in [-0.3, -0.25) is 9.69 Å². The molecule has 1 amide bonds. The number of amides is 1. The van der Waals surface area contributed by atoms with Gasteiger partial charge in [-0.2, -0.15) is 0 Å². The zero-order valence-corrected chi connectivity index (χ0v) is 20.1. The third-order valence-electron chi connectivity index (χ3n) is 6.71. The fourth-order valence-corrected chi connectivity index (χ4v) is 7.58. The minimum atomic E-state index is -2.08. The molecule has 8 heteroatoms. The fourth-order valence-electron chi connectivity index (χ4n) is 4.30. The van der Waals surface area contributed by atoms with Crippen molar-refractivity contribution in [1.29, 1.82) is 0 Å². The molecule has 3 aliphatic heterocycles. The molecule has 4 atom stereocenters. The summed E-state index contributed by atoms with van der Waals surface area (Å²) in [5, 5.41) is 9.94. The van der Waals surface area contributed by atoms with Gasteiger partial charge in [0.05, 0.1) is 18.1 Å². The minimum Gasteiger partial charge on any atom is -0.477 e. The number of nitrogens with zero attached hydrogens (tertiary/aromatic N) is 1. The smallest absolute Gasteiger partial charge is 0.353 e. The van der Waals surface area contributed by atoms with Gasteiger partial charge < -0.3 is 14.3 Å². The number of hydrogen-bond donors (Lipinski definition) is 1. The summed E-state index contributed by atoms with van der Waals surface area (Å²) in [4.78, 5) is 26.8. The zero-order valence-electron chi connectivity index (χ0n) is 18.3. The van der Waals surface area contributed by atoms with E-state index in [1.807, 2.05) is 6.92 Å². The van der Waals surface area contributed by atoms with Crippen LogP contribution in [-0.4, -0.2) is 53.9 Å². The van der Waals surface area contributed by atoms with Crippen LogP contribution in [0.15, 0.2) is 23.3 Å². The lowest BCUT2D eigenvalue weighted by molar-refractivity contribution is -0.165. The number of thioether (sulfide) groups is 1. The summed E-state index contributed by atoms with van der Waals surface area (Å²) >= 11 is 1.48. The first-order chi connectivity index (χ1) is 13.4. The first kappa shape index (κ1) is 22.6. The van der Waals surface area contributed by atoms with Gasteiger partial charge in [0.25, 0.3) is 0 Å². The molecule has 1 N–H and O–H groups in total. The molecular formula is C21H33NO5SSi. The number of rotatable bonds is 7. The third-order valence-corrected chi connectivity index (χ3v) is 12.9. The Hall–Kier alpha value is -1.09. The molecule has 3 heterocycles. The van der Waals surface area contributed by atoms with Gasteiger partial charge in [0, 0.05) is 11.5 Å². The van der Waals surface area contributed by atoms with Gasteiger partial charge in [-0.05, 0) is 44.3 Å². The second-order valence-corrected chi connectivity index (χ2v) is 15.8. The SMILES string of the molecule is C=CC[C@]12SC(C3CCCO3)=C(C(=O)O)N1C(=O)[C@@H]2[C@@H](C)O[Si](C)(C)C(C)(C)C. The van der Waals surface area contributed by atoms with Crippen LogP contribution in [0.3, 0.4) is 0 Å². The molecule has 0 aromatic carbocycles. The normalized spacial score (nSPS) is 31.0. The Morgan fingerprint density at radius 2 is 2.17 bits per heavy atom. The standard InChI is InChI=1S/C21H33NO5SSi/c1-8-11-21-15(13(2)27-29(6,7)20(3,4)5)18(23)22(21)16(19(24)25)17(28-21)14-10-9-12-26-14/h8,13-15H,1,9-12H2,2-7H3,(H,24,25)/t13-,14?,15+,21-/m1/s1. The summed E-state index contributed by atoms with van der Waals surface area (Å²) in [6, 6.07) is 0. The zero-order chi connectivity index (χ0) is 21.8. The summed E-state index contributed by atoms with van der Waals surface area (Å²) in [7, 11) is -2.08. The van der Waals surface area contributed by atoms with Crippen molar-refractivity contribution in [2.75, 3.05) is 6.61 Å². The predicted molar refractivity (Wildman–Crippen MR) is 117 cm³/mol. The Morgan fingerprint density at radius 3 is 2.66 bits per heavy atom. The van der Waals surface area contributed by atoms with Crippen molar-refractivity contribution in [3.63, 3.8) is 0 Å². The topological polar surface area (TPSA) is 76.1 Å². The summed E-state index contributed by atoms with van der Waals surface area (Å²) in [5.41, 5.74) is 0.0875. The van der Waals surface area contributed by atoms with E-state index in [0.717, 1.165) is 12.8 Å². The van der Waals surface area contributed by atoms with Crippen molar-refractivity contribution in [2.24, 2.45) is 5.92 Å². The number of fused-ring (bicyclic) bond motifs is 1. The molecule has 1 unspecified atom stereocenters. The second-order valence-electron chi connectivity index (χ2n) is 9.69. The number of ether oxygens (including phenoxy) is 1. The molecule has 2 saturated heterocycles. The Kier molecular flexibility index (Phi) is 5.88. The highest BCUT2D eigenvalue weighted by molar-refractivity contribution is 8.04. The van der Waals surface area contributed by atoms with Crippen LogP contribution in [0.1, 0.15) is 47.0 Å². The quantitative estimate of drug-likeness (QED) is 0.361. The maximum Gasteiger partial charge on any atom is 0.353 e. The largest absolute Gasteiger partial charge is 0.477 e. The Labute approximate surface area is 178 Å². The van der Waals surface area contributed by atoms with E-state index >= 15 is 0 Å². The van der Waals surface area contributed by atoms with Crippen LogP contribution in [0.2, 0.25) is 18.1 Å². The molecule has 0 aliphatic carbocycles. The van der Waals surface area contributed by atoms with Crippen molar-refractivity contribution in [3.8, 4) is 0 Å². The highest BCUT2D eigenvalue weighted by Gasteiger charge is 2.69. The summed E-state index contributed by atoms with van der Waals surface area (Å²) in [6.45, 7) is 17.3. The molecular weight excluding hydrogens is 406 g/mol. The molecule has 0 saturated carbocycles. The Morgan fingerprint density at radius 1 is 1.52 bits per heavy atom. The van der Waals surface area contributed by atoms with Gasteiger partial charge >= 0.3 is 5.97 Å². The van der Waals surface area contributed by atoms with Gasteiger partial charge in [0.2, 0.25) is 5.91 Å². The van der Waals surface area contributed by atoms with Gasteiger partial charge in [-0.15, -0.1) is 6.58 Å². The van der Waals surface area contributed by atoms with E-state index in [-0.39, 0.29) is 28.9 Å². The van der Waals surface area contributed by atoms with Crippen molar-refractivity contribution in [2.45, 2.75) is 82.2 Å². The first-order valence-corrected chi connectivity index (χ1v) is 14.0. The molecule has 2 fully saturated rings. The lowest BCUT2D eigenvalue weighted by Crippen LogP contribution is -2.70. The van der Waals surface area contributed by atoms with Gasteiger partial charge in [-0.25, -0.2) is 4.79 Å². The second kappa shape index (κ2) is 7.55. The molecule has 6 nitrogen and oxygen atoms in total. The van der Waals surface area contributed by atoms with E-state index < -0.39 is 25.1 Å². The van der Waals surface area contributed by atoms with Crippen LogP contribution >= 0.6 is 11.8 Å². The van der Waals surface area contributed by atoms with E-state index in [4.69, 9.17) is 9.16 Å². The number of carboxylic acid groups (broad SMARTS) is 1. The summed E-state index contributed by atoms with van der Waals surface area (Å²) in [5.74, 6) is -1.65. The third kappa shape index (κ3) is 3.52. The summed E-state index contributed by atoms with van der Waals surface area (Å²) < 4.78 is 12.4. The van der Waals surface area contributed by atoms with E-state index in [1.54, 1.807) is 6.08 Å². The maximum absolute atomic E-state index is 13.3. The van der Waals surface area contributed by atoms with Gasteiger partial charge in [-0.1, -0.05) is 38.6 Å². The lowest BCUT2D eigenvalue weighted by atomic mass is 9.80. The van der Waals surface area contributed by atoms with Crippen LogP contribution in [0.4, 0.5) is 0 Å². The molecule has 0 radical (unpaired) electrons. The van der Waals surface area contributed by atoms with Crippen molar-refractivity contribution < 1.29 is 23.9 Å². The van der Waals surface area contributed by atoms with Crippen LogP contribution in [-0.2, 0) is 18.8 Å². The molecule has 3 rings (SSSR count). The predicted octanol–water partition coefficient (Wildman–Crippen LogP) is 4.35. The highest BCUT2D eigenvalue weighted by Crippen LogP contribution is 2.62. The first-order valence-electron chi connectivity index (χ1n) is 10.3. The number of hydrogen-bond acceptors (Lipinski definition) is 5. The molecule has 162 valence electrons. The van der Waals surface area contributed by atoms with E-state index in [0.29, 0.717) is 17.9 Å². The molecule has 3 aliphatic rings. The fraction of sp³-hybridized carbons (Fsp3) is 0.714. The van der Waals surface area contributed by atoms with E-state index in [1.165, 1.54) is 16.7 Å². The maximum atomic E-state index is 13.3. The molecule has 0 aromatic heterocycles. The van der Waals surface area contributed by atoms with Crippen LogP contribution < -0.4 is 0 Å². The highest BCUT2D eigenvalue weighted by atomic mass is 32.2. The number of carbonyl (C=O) groups excluding carboxylic acids is 1. The number of β-lactam (4-membered cyclic amide) rings is 1. The van der Waals surface area contributed by atoms with Crippen molar-refractivity contribution in [3.05, 3.63) is 23.3 Å². The molecule has 0 bridgehead atoms. The Balaban J connectivity index is 1.94. The van der Waals surface area contributed by atoms with Crippen molar-refractivity contribution in [1.82, 2.24) is 4.90 Å². The number of carbonyl (C=O) groups is 2.